The van der Waals surface area contributed by atoms with Gasteiger partial charge in [0.15, 0.2) is 11.5 Å². The van der Waals surface area contributed by atoms with Gasteiger partial charge in [-0.05, 0) is 31.2 Å². The molecule has 1 aromatic heterocycles. The molecule has 0 atom stereocenters. The number of amides is 2. The van der Waals surface area contributed by atoms with Crippen molar-refractivity contribution in [2.75, 3.05) is 5.32 Å². The maximum Gasteiger partial charge on any atom is 0.333 e. The first-order valence-corrected chi connectivity index (χ1v) is 8.59. The average molecular weight is 345 g/mol. The van der Waals surface area contributed by atoms with Crippen molar-refractivity contribution in [3.8, 4) is 0 Å². The Morgan fingerprint density at radius 3 is 2.50 bits per heavy atom. The van der Waals surface area contributed by atoms with Crippen LogP contribution in [0.15, 0.2) is 51.8 Å². The van der Waals surface area contributed by atoms with Gasteiger partial charge >= 0.3 is 6.03 Å². The van der Waals surface area contributed by atoms with E-state index in [4.69, 9.17) is 4.42 Å². The molecule has 1 heterocycles. The highest BCUT2D eigenvalue weighted by molar-refractivity contribution is 7.90. The van der Waals surface area contributed by atoms with E-state index in [1.807, 2.05) is 11.6 Å². The molecule has 0 fully saturated rings. The molecule has 24 heavy (non-hydrogen) atoms. The van der Waals surface area contributed by atoms with Crippen molar-refractivity contribution < 1.29 is 17.6 Å². The van der Waals surface area contributed by atoms with E-state index < -0.39 is 16.1 Å². The van der Waals surface area contributed by atoms with Crippen molar-refractivity contribution in [1.82, 2.24) is 9.71 Å². The number of oxazole rings is 1. The average Bonchev–Trinajstić information content (AvgIpc) is 2.86. The van der Waals surface area contributed by atoms with Gasteiger partial charge in [-0.15, -0.1) is 0 Å². The highest BCUT2D eigenvalue weighted by atomic mass is 32.2. The van der Waals surface area contributed by atoms with E-state index in [1.165, 1.54) is 12.1 Å². The van der Waals surface area contributed by atoms with Gasteiger partial charge in [0.2, 0.25) is 0 Å². The number of anilines is 1. The number of sulfonamides is 1. The summed E-state index contributed by atoms with van der Waals surface area (Å²) in [4.78, 5) is 16.1. The predicted octanol–water partition coefficient (Wildman–Crippen LogP) is 2.96. The van der Waals surface area contributed by atoms with E-state index in [0.29, 0.717) is 22.7 Å². The quantitative estimate of drug-likeness (QED) is 0.760. The minimum Gasteiger partial charge on any atom is -0.441 e. The highest BCUT2D eigenvalue weighted by Gasteiger charge is 2.17. The molecule has 2 aromatic carbocycles. The van der Waals surface area contributed by atoms with Gasteiger partial charge in [-0.3, -0.25) is 0 Å². The number of aromatic nitrogens is 1. The first-order valence-electron chi connectivity index (χ1n) is 7.11. The third-order valence-electron chi connectivity index (χ3n) is 3.31. The number of urea groups is 1. The minimum absolute atomic E-state index is 0.0181. The Labute approximate surface area is 138 Å². The fourth-order valence-corrected chi connectivity index (χ4v) is 3.08. The van der Waals surface area contributed by atoms with Crippen molar-refractivity contribution in [3.05, 3.63) is 53.9 Å². The summed E-state index contributed by atoms with van der Waals surface area (Å²) in [6.07, 6.45) is 0. The van der Waals surface area contributed by atoms with Gasteiger partial charge in [0.05, 0.1) is 4.90 Å². The number of carbonyl (C=O) groups is 1. The van der Waals surface area contributed by atoms with E-state index in [-0.39, 0.29) is 4.90 Å². The van der Waals surface area contributed by atoms with Crippen LogP contribution in [0.1, 0.15) is 11.5 Å². The molecule has 3 rings (SSSR count). The van der Waals surface area contributed by atoms with E-state index in [9.17, 15) is 13.2 Å². The summed E-state index contributed by atoms with van der Waals surface area (Å²) in [6.45, 7) is 3.56. The fourth-order valence-electron chi connectivity index (χ4n) is 2.17. The molecule has 0 saturated carbocycles. The molecule has 0 aliphatic heterocycles. The molecule has 0 radical (unpaired) electrons. The van der Waals surface area contributed by atoms with Crippen LogP contribution in [0, 0.1) is 13.8 Å². The molecule has 0 aliphatic rings. The number of benzene rings is 2. The van der Waals surface area contributed by atoms with E-state index in [0.717, 1.165) is 5.56 Å². The monoisotopic (exact) mass is 345 g/mol. The number of hydrogen-bond acceptors (Lipinski definition) is 5. The SMILES string of the molecule is Cc1ccc(S(=O)(=O)NC(=O)Nc2ccc3nc(C)oc3c2)cc1. The summed E-state index contributed by atoms with van der Waals surface area (Å²) in [5.41, 5.74) is 2.49. The Balaban J connectivity index is 1.75. The molecule has 0 unspecified atom stereocenters. The standard InChI is InChI=1S/C16H15N3O4S/c1-10-3-6-13(7-4-10)24(21,22)19-16(20)18-12-5-8-14-15(9-12)23-11(2)17-14/h3-9H,1-2H3,(H2,18,19,20). The highest BCUT2D eigenvalue weighted by Crippen LogP contribution is 2.20. The molecule has 0 saturated heterocycles. The van der Waals surface area contributed by atoms with Crippen LogP contribution in [0.5, 0.6) is 0 Å². The lowest BCUT2D eigenvalue weighted by Gasteiger charge is -2.08. The number of fused-ring (bicyclic) bond motifs is 1. The molecule has 124 valence electrons. The van der Waals surface area contributed by atoms with Gasteiger partial charge in [-0.2, -0.15) is 0 Å². The molecule has 2 N–H and O–H groups in total. The Morgan fingerprint density at radius 1 is 1.08 bits per heavy atom. The summed E-state index contributed by atoms with van der Waals surface area (Å²) in [5, 5.41) is 2.46. The maximum absolute atomic E-state index is 12.2. The normalized spacial score (nSPS) is 11.4. The van der Waals surface area contributed by atoms with E-state index in [2.05, 4.69) is 10.3 Å². The Hall–Kier alpha value is -2.87. The summed E-state index contributed by atoms with van der Waals surface area (Å²) < 4.78 is 31.7. The zero-order valence-electron chi connectivity index (χ0n) is 13.0. The van der Waals surface area contributed by atoms with Crippen molar-refractivity contribution >= 4 is 32.8 Å². The summed E-state index contributed by atoms with van der Waals surface area (Å²) in [5.74, 6) is 0.508. The molecular weight excluding hydrogens is 330 g/mol. The van der Waals surface area contributed by atoms with Crippen LogP contribution in [-0.4, -0.2) is 19.4 Å². The topological polar surface area (TPSA) is 101 Å². The number of carbonyl (C=O) groups excluding carboxylic acids is 1. The Morgan fingerprint density at radius 2 is 1.79 bits per heavy atom. The molecule has 3 aromatic rings. The molecular formula is C16H15N3O4S. The van der Waals surface area contributed by atoms with Crippen molar-refractivity contribution in [2.24, 2.45) is 0 Å². The second-order valence-corrected chi connectivity index (χ2v) is 6.97. The molecule has 8 heteroatoms. The van der Waals surface area contributed by atoms with Gasteiger partial charge in [-0.25, -0.2) is 22.9 Å². The second kappa shape index (κ2) is 5.97. The first-order chi connectivity index (χ1) is 11.3. The molecule has 0 spiro atoms. The summed E-state index contributed by atoms with van der Waals surface area (Å²) >= 11 is 0. The van der Waals surface area contributed by atoms with Gasteiger partial charge < -0.3 is 9.73 Å². The van der Waals surface area contributed by atoms with E-state index >= 15 is 0 Å². The molecule has 0 aliphatic carbocycles. The zero-order chi connectivity index (χ0) is 17.3. The Kier molecular flexibility index (Phi) is 3.98. The second-order valence-electron chi connectivity index (χ2n) is 5.29. The smallest absolute Gasteiger partial charge is 0.333 e. The lowest BCUT2D eigenvalue weighted by molar-refractivity contribution is 0.256. The molecule has 0 bridgehead atoms. The van der Waals surface area contributed by atoms with Crippen LogP contribution in [0.3, 0.4) is 0 Å². The molecule has 2 amide bonds. The molecule has 7 nitrogen and oxygen atoms in total. The number of aryl methyl sites for hydroxylation is 2. The third kappa shape index (κ3) is 3.38. The summed E-state index contributed by atoms with van der Waals surface area (Å²) in [7, 11) is -3.93. The lowest BCUT2D eigenvalue weighted by Crippen LogP contribution is -2.34. The number of nitrogens with zero attached hydrogens (tertiary/aromatic N) is 1. The van der Waals surface area contributed by atoms with Crippen LogP contribution in [0.25, 0.3) is 11.1 Å². The zero-order valence-corrected chi connectivity index (χ0v) is 13.8. The number of hydrogen-bond donors (Lipinski definition) is 2. The fraction of sp³-hybridized carbons (Fsp3) is 0.125. The van der Waals surface area contributed by atoms with Gasteiger partial charge in [0, 0.05) is 18.7 Å². The predicted molar refractivity (Wildman–Crippen MR) is 89.3 cm³/mol. The lowest BCUT2D eigenvalue weighted by atomic mass is 10.2. The van der Waals surface area contributed by atoms with Gasteiger partial charge in [0.1, 0.15) is 5.52 Å². The Bertz CT molecular complexity index is 1010. The number of rotatable bonds is 3. The van der Waals surface area contributed by atoms with Crippen LogP contribution >= 0.6 is 0 Å². The van der Waals surface area contributed by atoms with Gasteiger partial charge in [-0.1, -0.05) is 17.7 Å². The van der Waals surface area contributed by atoms with Crippen LogP contribution in [0.4, 0.5) is 10.5 Å². The van der Waals surface area contributed by atoms with E-state index in [1.54, 1.807) is 37.3 Å². The summed E-state index contributed by atoms with van der Waals surface area (Å²) in [6, 6.07) is 10.2. The van der Waals surface area contributed by atoms with Crippen molar-refractivity contribution in [2.45, 2.75) is 18.7 Å². The minimum atomic E-state index is -3.93. The van der Waals surface area contributed by atoms with Crippen molar-refractivity contribution in [3.63, 3.8) is 0 Å². The van der Waals surface area contributed by atoms with Crippen LogP contribution in [-0.2, 0) is 10.0 Å². The van der Waals surface area contributed by atoms with Crippen molar-refractivity contribution in [1.29, 1.82) is 0 Å². The third-order valence-corrected chi connectivity index (χ3v) is 4.66. The number of nitrogens with one attached hydrogen (secondary N) is 2. The first kappa shape index (κ1) is 16.0. The van der Waals surface area contributed by atoms with Crippen LogP contribution in [0.2, 0.25) is 0 Å². The van der Waals surface area contributed by atoms with Gasteiger partial charge in [0.25, 0.3) is 10.0 Å². The van der Waals surface area contributed by atoms with Crippen LogP contribution < -0.4 is 10.0 Å². The maximum atomic E-state index is 12.2. The largest absolute Gasteiger partial charge is 0.441 e.